The number of aromatic carboxylic acids is 1. The van der Waals surface area contributed by atoms with Gasteiger partial charge in [0.25, 0.3) is 5.91 Å². The minimum absolute atomic E-state index is 0.0511. The van der Waals surface area contributed by atoms with E-state index in [0.717, 1.165) is 0 Å². The number of carboxylic acids is 1. The SMILES string of the molecule is COc1ccc(C(=O)NCc2ccc(C(=O)O)o2)cc1S(=O)(=O)NC(C)C. The molecular weight excluding hydrogens is 376 g/mol. The molecule has 2 rings (SSSR count). The normalized spacial score (nSPS) is 11.4. The number of amides is 1. The van der Waals surface area contributed by atoms with Crippen LogP contribution in [0.25, 0.3) is 0 Å². The van der Waals surface area contributed by atoms with Gasteiger partial charge in [-0.05, 0) is 44.2 Å². The Bertz CT molecular complexity index is 948. The van der Waals surface area contributed by atoms with Crippen LogP contribution in [0.15, 0.2) is 39.6 Å². The molecule has 9 nitrogen and oxygen atoms in total. The third-order valence-electron chi connectivity index (χ3n) is 3.40. The average Bonchev–Trinajstić information content (AvgIpc) is 3.07. The fourth-order valence-corrected chi connectivity index (χ4v) is 3.70. The quantitative estimate of drug-likeness (QED) is 0.617. The summed E-state index contributed by atoms with van der Waals surface area (Å²) in [7, 11) is -2.54. The van der Waals surface area contributed by atoms with Crippen molar-refractivity contribution in [2.75, 3.05) is 7.11 Å². The number of benzene rings is 1. The molecule has 0 aliphatic rings. The third-order valence-corrected chi connectivity index (χ3v) is 5.08. The van der Waals surface area contributed by atoms with E-state index in [9.17, 15) is 18.0 Å². The largest absolute Gasteiger partial charge is 0.495 e. The van der Waals surface area contributed by atoms with E-state index >= 15 is 0 Å². The molecule has 3 N–H and O–H groups in total. The summed E-state index contributed by atoms with van der Waals surface area (Å²) in [6.07, 6.45) is 0. The van der Waals surface area contributed by atoms with Crippen molar-refractivity contribution >= 4 is 21.9 Å². The average molecular weight is 396 g/mol. The lowest BCUT2D eigenvalue weighted by molar-refractivity contribution is 0.0660. The fraction of sp³-hybridized carbons (Fsp3) is 0.294. The summed E-state index contributed by atoms with van der Waals surface area (Å²) in [5.74, 6) is -1.64. The number of rotatable bonds is 8. The molecule has 0 aliphatic heterocycles. The number of carboxylic acid groups (broad SMARTS) is 1. The van der Waals surface area contributed by atoms with Crippen LogP contribution >= 0.6 is 0 Å². The van der Waals surface area contributed by atoms with Crippen molar-refractivity contribution in [2.45, 2.75) is 31.3 Å². The summed E-state index contributed by atoms with van der Waals surface area (Å²) in [5, 5.41) is 11.4. The molecule has 1 heterocycles. The van der Waals surface area contributed by atoms with Crippen LogP contribution < -0.4 is 14.8 Å². The molecule has 0 radical (unpaired) electrons. The second kappa shape index (κ2) is 8.23. The minimum Gasteiger partial charge on any atom is -0.495 e. The Morgan fingerprint density at radius 1 is 1.22 bits per heavy atom. The summed E-state index contributed by atoms with van der Waals surface area (Å²) in [5.41, 5.74) is 0.102. The molecule has 0 bridgehead atoms. The summed E-state index contributed by atoms with van der Waals surface area (Å²) < 4.78 is 37.5. The van der Waals surface area contributed by atoms with Crippen LogP contribution in [0.4, 0.5) is 0 Å². The minimum atomic E-state index is -3.87. The van der Waals surface area contributed by atoms with E-state index in [4.69, 9.17) is 14.3 Å². The van der Waals surface area contributed by atoms with E-state index in [0.29, 0.717) is 0 Å². The third kappa shape index (κ3) is 5.08. The standard InChI is InChI=1S/C17H20N2O7S/c1-10(2)19-27(23,24)15-8-11(4-6-13(15)25-3)16(20)18-9-12-5-7-14(26-12)17(21)22/h4-8,10,19H,9H2,1-3H3,(H,18,20)(H,21,22). The van der Waals surface area contributed by atoms with Gasteiger partial charge in [0.05, 0.1) is 13.7 Å². The zero-order valence-electron chi connectivity index (χ0n) is 15.0. The van der Waals surface area contributed by atoms with Gasteiger partial charge >= 0.3 is 5.97 Å². The zero-order valence-corrected chi connectivity index (χ0v) is 15.8. The molecule has 0 aliphatic carbocycles. The maximum atomic E-state index is 12.4. The number of ether oxygens (including phenoxy) is 1. The topological polar surface area (TPSA) is 135 Å². The fourth-order valence-electron chi connectivity index (χ4n) is 2.26. The number of sulfonamides is 1. The molecule has 2 aromatic rings. The van der Waals surface area contributed by atoms with Gasteiger partial charge in [-0.15, -0.1) is 0 Å². The Labute approximate surface area is 156 Å². The van der Waals surface area contributed by atoms with E-state index in [1.165, 1.54) is 37.4 Å². The summed E-state index contributed by atoms with van der Waals surface area (Å²) in [6.45, 7) is 3.30. The maximum Gasteiger partial charge on any atom is 0.371 e. The number of methoxy groups -OCH3 is 1. The van der Waals surface area contributed by atoms with E-state index in [-0.39, 0.29) is 40.3 Å². The number of nitrogens with one attached hydrogen (secondary N) is 2. The molecule has 1 amide bonds. The Hall–Kier alpha value is -2.85. The van der Waals surface area contributed by atoms with E-state index < -0.39 is 21.9 Å². The van der Waals surface area contributed by atoms with Gasteiger partial charge in [0.1, 0.15) is 16.4 Å². The number of carbonyl (C=O) groups is 2. The van der Waals surface area contributed by atoms with Crippen molar-refractivity contribution in [3.05, 3.63) is 47.4 Å². The molecule has 10 heteroatoms. The van der Waals surface area contributed by atoms with Gasteiger partial charge in [-0.2, -0.15) is 0 Å². The van der Waals surface area contributed by atoms with Crippen LogP contribution in [0.5, 0.6) is 5.75 Å². The monoisotopic (exact) mass is 396 g/mol. The first-order chi connectivity index (χ1) is 12.6. The van der Waals surface area contributed by atoms with E-state index in [1.807, 2.05) is 0 Å². The number of hydrogen-bond donors (Lipinski definition) is 3. The van der Waals surface area contributed by atoms with E-state index in [2.05, 4.69) is 10.0 Å². The molecular formula is C17H20N2O7S. The van der Waals surface area contributed by atoms with Crippen molar-refractivity contribution in [1.82, 2.24) is 10.0 Å². The zero-order chi connectivity index (χ0) is 20.2. The van der Waals surface area contributed by atoms with E-state index in [1.54, 1.807) is 13.8 Å². The maximum absolute atomic E-state index is 12.4. The summed E-state index contributed by atoms with van der Waals surface area (Å²) in [6, 6.07) is 6.40. The van der Waals surface area contributed by atoms with Gasteiger partial charge in [0.2, 0.25) is 15.8 Å². The number of hydrogen-bond acceptors (Lipinski definition) is 6. The first-order valence-corrected chi connectivity index (χ1v) is 9.43. The molecule has 0 fully saturated rings. The molecule has 0 saturated carbocycles. The second-order valence-electron chi connectivity index (χ2n) is 5.90. The Morgan fingerprint density at radius 2 is 1.93 bits per heavy atom. The van der Waals surface area contributed by atoms with Crippen LogP contribution in [0.1, 0.15) is 40.5 Å². The van der Waals surface area contributed by atoms with Crippen LogP contribution in [0.2, 0.25) is 0 Å². The molecule has 0 spiro atoms. The Kier molecular flexibility index (Phi) is 6.24. The lowest BCUT2D eigenvalue weighted by Crippen LogP contribution is -2.31. The Balaban J connectivity index is 2.21. The van der Waals surface area contributed by atoms with Gasteiger partial charge < -0.3 is 19.6 Å². The first kappa shape index (κ1) is 20.5. The molecule has 1 aromatic heterocycles. The van der Waals surface area contributed by atoms with Gasteiger partial charge in [0.15, 0.2) is 0 Å². The first-order valence-electron chi connectivity index (χ1n) is 7.94. The molecule has 27 heavy (non-hydrogen) atoms. The molecule has 1 aromatic carbocycles. The molecule has 146 valence electrons. The van der Waals surface area contributed by atoms with Crippen LogP contribution in [-0.4, -0.2) is 38.6 Å². The number of furan rings is 1. The van der Waals surface area contributed by atoms with Crippen molar-refractivity contribution in [3.63, 3.8) is 0 Å². The van der Waals surface area contributed by atoms with Gasteiger partial charge in [0, 0.05) is 11.6 Å². The number of carbonyl (C=O) groups excluding carboxylic acids is 1. The van der Waals surface area contributed by atoms with Gasteiger partial charge in [-0.3, -0.25) is 4.79 Å². The highest BCUT2D eigenvalue weighted by Crippen LogP contribution is 2.25. The van der Waals surface area contributed by atoms with Crippen molar-refractivity contribution in [2.24, 2.45) is 0 Å². The molecule has 0 saturated heterocycles. The van der Waals surface area contributed by atoms with Crippen molar-refractivity contribution < 1.29 is 32.3 Å². The second-order valence-corrected chi connectivity index (χ2v) is 7.58. The van der Waals surface area contributed by atoms with Crippen molar-refractivity contribution in [3.8, 4) is 5.75 Å². The molecule has 0 atom stereocenters. The van der Waals surface area contributed by atoms with Crippen LogP contribution in [-0.2, 0) is 16.6 Å². The van der Waals surface area contributed by atoms with Crippen LogP contribution in [0.3, 0.4) is 0 Å². The predicted octanol–water partition coefficient (Wildman–Crippen LogP) is 1.60. The van der Waals surface area contributed by atoms with Gasteiger partial charge in [-0.25, -0.2) is 17.9 Å². The lowest BCUT2D eigenvalue weighted by atomic mass is 10.2. The highest BCUT2D eigenvalue weighted by atomic mass is 32.2. The highest BCUT2D eigenvalue weighted by molar-refractivity contribution is 7.89. The highest BCUT2D eigenvalue weighted by Gasteiger charge is 2.22. The summed E-state index contributed by atoms with van der Waals surface area (Å²) >= 11 is 0. The molecule has 0 unspecified atom stereocenters. The summed E-state index contributed by atoms with van der Waals surface area (Å²) in [4.78, 5) is 23.0. The van der Waals surface area contributed by atoms with Crippen LogP contribution in [0, 0.1) is 0 Å². The predicted molar refractivity (Wildman–Crippen MR) is 95.3 cm³/mol. The smallest absolute Gasteiger partial charge is 0.371 e. The van der Waals surface area contributed by atoms with Crippen molar-refractivity contribution in [1.29, 1.82) is 0 Å². The lowest BCUT2D eigenvalue weighted by Gasteiger charge is -2.14. The Morgan fingerprint density at radius 3 is 2.48 bits per heavy atom. The van der Waals surface area contributed by atoms with Gasteiger partial charge in [-0.1, -0.05) is 0 Å².